The molecule has 0 spiro atoms. The van der Waals surface area contributed by atoms with E-state index in [1.807, 2.05) is 24.3 Å². The smallest absolute Gasteiger partial charge is 0.311 e. The first-order valence-corrected chi connectivity index (χ1v) is 8.10. The molecule has 3 rings (SSSR count). The first-order valence-electron chi connectivity index (χ1n) is 7.22. The number of methoxy groups -OCH3 is 1. The van der Waals surface area contributed by atoms with Crippen molar-refractivity contribution in [3.8, 4) is 22.1 Å². The minimum absolute atomic E-state index is 0.0109. The minimum Gasteiger partial charge on any atom is -0.497 e. The summed E-state index contributed by atoms with van der Waals surface area (Å²) in [4.78, 5) is 14.8. The van der Waals surface area contributed by atoms with Gasteiger partial charge in [-0.05, 0) is 30.3 Å². The van der Waals surface area contributed by atoms with Gasteiger partial charge in [0.25, 0.3) is 0 Å². The van der Waals surface area contributed by atoms with E-state index in [0.717, 1.165) is 34.5 Å². The maximum Gasteiger partial charge on any atom is 0.311 e. The summed E-state index contributed by atoms with van der Waals surface area (Å²) in [6.07, 6.45) is 0. The third-order valence-corrected chi connectivity index (χ3v) is 4.32. The summed E-state index contributed by atoms with van der Waals surface area (Å²) >= 11 is 1.43. The Hall–Kier alpha value is -3.00. The van der Waals surface area contributed by atoms with Crippen LogP contribution in [0.25, 0.3) is 10.6 Å². The molecule has 1 aromatic heterocycles. The quantitative estimate of drug-likeness (QED) is 0.480. The van der Waals surface area contributed by atoms with E-state index in [9.17, 15) is 14.5 Å². The standard InChI is InChI=1S/C17H13FN2O4S/c1-23-14-5-2-11(3-6-14)17-19-13(10-25-17)9-24-16-8-12(18)4-7-15(16)20(21)22/h2-8,10H,9H2,1H3. The van der Waals surface area contributed by atoms with Gasteiger partial charge in [-0.25, -0.2) is 9.37 Å². The minimum atomic E-state index is -0.612. The van der Waals surface area contributed by atoms with Gasteiger partial charge >= 0.3 is 5.69 Å². The Balaban J connectivity index is 1.74. The second kappa shape index (κ2) is 7.27. The van der Waals surface area contributed by atoms with Gasteiger partial charge < -0.3 is 9.47 Å². The Bertz CT molecular complexity index is 896. The first-order chi connectivity index (χ1) is 12.1. The molecule has 2 aromatic carbocycles. The molecule has 0 atom stereocenters. The predicted octanol–water partition coefficient (Wildman–Crippen LogP) is 4.45. The van der Waals surface area contributed by atoms with Crippen LogP contribution in [0, 0.1) is 15.9 Å². The van der Waals surface area contributed by atoms with Crippen LogP contribution < -0.4 is 9.47 Å². The van der Waals surface area contributed by atoms with E-state index < -0.39 is 10.7 Å². The molecule has 0 aliphatic carbocycles. The number of nitro groups is 1. The fourth-order valence-corrected chi connectivity index (χ4v) is 2.96. The number of aromatic nitrogens is 1. The van der Waals surface area contributed by atoms with Crippen molar-refractivity contribution in [1.82, 2.24) is 4.98 Å². The lowest BCUT2D eigenvalue weighted by molar-refractivity contribution is -0.386. The zero-order chi connectivity index (χ0) is 17.8. The van der Waals surface area contributed by atoms with E-state index in [-0.39, 0.29) is 18.0 Å². The highest BCUT2D eigenvalue weighted by molar-refractivity contribution is 7.13. The maximum atomic E-state index is 13.3. The molecule has 0 radical (unpaired) electrons. The van der Waals surface area contributed by atoms with Gasteiger partial charge in [-0.15, -0.1) is 11.3 Å². The Kier molecular flexibility index (Phi) is 4.90. The van der Waals surface area contributed by atoms with Crippen LogP contribution in [0.1, 0.15) is 5.69 Å². The van der Waals surface area contributed by atoms with E-state index in [1.54, 1.807) is 12.5 Å². The van der Waals surface area contributed by atoms with Crippen LogP contribution in [0.3, 0.4) is 0 Å². The topological polar surface area (TPSA) is 74.5 Å². The molecule has 128 valence electrons. The second-order valence-electron chi connectivity index (χ2n) is 5.03. The van der Waals surface area contributed by atoms with Gasteiger partial charge in [0.05, 0.1) is 17.7 Å². The Morgan fingerprint density at radius 3 is 2.68 bits per heavy atom. The summed E-state index contributed by atoms with van der Waals surface area (Å²) in [7, 11) is 1.60. The van der Waals surface area contributed by atoms with Crippen LogP contribution in [-0.4, -0.2) is 17.0 Å². The lowest BCUT2D eigenvalue weighted by atomic mass is 10.2. The molecule has 0 aliphatic rings. The average Bonchev–Trinajstić information content (AvgIpc) is 3.09. The van der Waals surface area contributed by atoms with Crippen molar-refractivity contribution in [2.45, 2.75) is 6.61 Å². The second-order valence-corrected chi connectivity index (χ2v) is 5.89. The number of benzene rings is 2. The monoisotopic (exact) mass is 360 g/mol. The zero-order valence-electron chi connectivity index (χ0n) is 13.1. The fraction of sp³-hybridized carbons (Fsp3) is 0.118. The summed E-state index contributed by atoms with van der Waals surface area (Å²) in [6.45, 7) is 0.0109. The van der Waals surface area contributed by atoms with E-state index >= 15 is 0 Å². The van der Waals surface area contributed by atoms with Gasteiger partial charge in [-0.2, -0.15) is 0 Å². The molecule has 0 saturated heterocycles. The van der Waals surface area contributed by atoms with Crippen molar-refractivity contribution in [3.63, 3.8) is 0 Å². The van der Waals surface area contributed by atoms with Crippen molar-refractivity contribution >= 4 is 17.0 Å². The van der Waals surface area contributed by atoms with Crippen molar-refractivity contribution in [3.05, 3.63) is 69.5 Å². The fourth-order valence-electron chi connectivity index (χ4n) is 2.15. The molecule has 25 heavy (non-hydrogen) atoms. The summed E-state index contributed by atoms with van der Waals surface area (Å²) in [5.41, 5.74) is 1.25. The van der Waals surface area contributed by atoms with Crippen molar-refractivity contribution in [1.29, 1.82) is 0 Å². The van der Waals surface area contributed by atoms with Crippen molar-refractivity contribution in [2.24, 2.45) is 0 Å². The highest BCUT2D eigenvalue weighted by atomic mass is 32.1. The van der Waals surface area contributed by atoms with Crippen LogP contribution >= 0.6 is 11.3 Å². The van der Waals surface area contributed by atoms with Crippen LogP contribution in [-0.2, 0) is 6.61 Å². The molecule has 0 fully saturated rings. The molecule has 8 heteroatoms. The molecular weight excluding hydrogens is 347 g/mol. The summed E-state index contributed by atoms with van der Waals surface area (Å²) < 4.78 is 23.8. The average molecular weight is 360 g/mol. The number of thiazole rings is 1. The number of hydrogen-bond donors (Lipinski definition) is 0. The summed E-state index contributed by atoms with van der Waals surface area (Å²) in [6, 6.07) is 10.5. The van der Waals surface area contributed by atoms with Crippen molar-refractivity contribution < 1.29 is 18.8 Å². The number of nitrogens with zero attached hydrogens (tertiary/aromatic N) is 2. The zero-order valence-corrected chi connectivity index (χ0v) is 14.0. The van der Waals surface area contributed by atoms with Gasteiger partial charge in [-0.1, -0.05) is 0 Å². The van der Waals surface area contributed by atoms with E-state index in [0.29, 0.717) is 5.69 Å². The predicted molar refractivity (Wildman–Crippen MR) is 91.5 cm³/mol. The third-order valence-electron chi connectivity index (χ3n) is 3.38. The van der Waals surface area contributed by atoms with Gasteiger partial charge in [-0.3, -0.25) is 10.1 Å². The van der Waals surface area contributed by atoms with Crippen LogP contribution in [0.5, 0.6) is 11.5 Å². The van der Waals surface area contributed by atoms with Gasteiger partial charge in [0.2, 0.25) is 0 Å². The number of halogens is 1. The highest BCUT2D eigenvalue weighted by Crippen LogP contribution is 2.29. The summed E-state index contributed by atoms with van der Waals surface area (Å²) in [5.74, 6) is 0.0315. The molecule has 3 aromatic rings. The largest absolute Gasteiger partial charge is 0.497 e. The van der Waals surface area contributed by atoms with E-state index in [4.69, 9.17) is 9.47 Å². The first kappa shape index (κ1) is 16.8. The summed E-state index contributed by atoms with van der Waals surface area (Å²) in [5, 5.41) is 13.5. The molecule has 1 heterocycles. The Morgan fingerprint density at radius 2 is 2.00 bits per heavy atom. The van der Waals surface area contributed by atoms with Crippen LogP contribution in [0.2, 0.25) is 0 Å². The lowest BCUT2D eigenvalue weighted by Gasteiger charge is -2.05. The molecule has 0 aliphatic heterocycles. The van der Waals surface area contributed by atoms with Gasteiger partial charge in [0.1, 0.15) is 23.2 Å². The molecular formula is C17H13FN2O4S. The van der Waals surface area contributed by atoms with Gasteiger partial charge in [0.15, 0.2) is 5.75 Å². The number of nitro benzene ring substituents is 1. The number of hydrogen-bond acceptors (Lipinski definition) is 6. The molecule has 6 nitrogen and oxygen atoms in total. The third kappa shape index (κ3) is 3.92. The Morgan fingerprint density at radius 1 is 1.24 bits per heavy atom. The van der Waals surface area contributed by atoms with Crippen molar-refractivity contribution in [2.75, 3.05) is 7.11 Å². The molecule has 0 bridgehead atoms. The molecule has 0 unspecified atom stereocenters. The SMILES string of the molecule is COc1ccc(-c2nc(COc3cc(F)ccc3[N+](=O)[O-])cs2)cc1. The molecule has 0 N–H and O–H groups in total. The van der Waals surface area contributed by atoms with Crippen LogP contribution in [0.15, 0.2) is 47.8 Å². The number of ether oxygens (including phenoxy) is 2. The van der Waals surface area contributed by atoms with Crippen LogP contribution in [0.4, 0.5) is 10.1 Å². The normalized spacial score (nSPS) is 10.5. The van der Waals surface area contributed by atoms with Gasteiger partial charge in [0, 0.05) is 23.1 Å². The number of rotatable bonds is 6. The maximum absolute atomic E-state index is 13.3. The Labute approximate surface area is 146 Å². The molecule has 0 saturated carbocycles. The lowest BCUT2D eigenvalue weighted by Crippen LogP contribution is -2.00. The molecule has 0 amide bonds. The van der Waals surface area contributed by atoms with E-state index in [1.165, 1.54) is 11.3 Å². The van der Waals surface area contributed by atoms with E-state index in [2.05, 4.69) is 4.98 Å². The highest BCUT2D eigenvalue weighted by Gasteiger charge is 2.16.